The van der Waals surface area contributed by atoms with Crippen LogP contribution in [-0.2, 0) is 7.05 Å². The first kappa shape index (κ1) is 11.3. The molecule has 0 fully saturated rings. The van der Waals surface area contributed by atoms with Crippen molar-refractivity contribution in [3.8, 4) is 16.8 Å². The Morgan fingerprint density at radius 1 is 1.33 bits per heavy atom. The third-order valence-electron chi connectivity index (χ3n) is 2.80. The van der Waals surface area contributed by atoms with Crippen LogP contribution in [0, 0.1) is 11.3 Å². The quantitative estimate of drug-likeness (QED) is 0.676. The smallest absolute Gasteiger partial charge is 0.151 e. The van der Waals surface area contributed by atoms with Gasteiger partial charge in [0.2, 0.25) is 0 Å². The maximum absolute atomic E-state index is 8.92. The van der Waals surface area contributed by atoms with Gasteiger partial charge in [-0.25, -0.2) is 4.98 Å². The lowest BCUT2D eigenvalue weighted by atomic mass is 10.2. The summed E-state index contributed by atoms with van der Waals surface area (Å²) in [5.74, 6) is 0.872. The lowest BCUT2D eigenvalue weighted by Crippen LogP contribution is -1.90. The fourth-order valence-electron chi connectivity index (χ4n) is 1.91. The molecule has 2 heterocycles. The van der Waals surface area contributed by atoms with Crippen molar-refractivity contribution in [3.05, 3.63) is 40.2 Å². The van der Waals surface area contributed by atoms with E-state index >= 15 is 0 Å². The van der Waals surface area contributed by atoms with Gasteiger partial charge in [0.25, 0.3) is 0 Å². The first-order valence-electron chi connectivity index (χ1n) is 5.31. The van der Waals surface area contributed by atoms with Crippen LogP contribution in [0.25, 0.3) is 21.7 Å². The van der Waals surface area contributed by atoms with Gasteiger partial charge in [-0.05, 0) is 30.3 Å². The highest BCUT2D eigenvalue weighted by atomic mass is 35.5. The summed E-state index contributed by atoms with van der Waals surface area (Å²) in [7, 11) is 1.94. The minimum atomic E-state index is 0.640. The average molecular weight is 274 g/mol. The normalized spacial score (nSPS) is 10.7. The van der Waals surface area contributed by atoms with Crippen molar-refractivity contribution < 1.29 is 0 Å². The van der Waals surface area contributed by atoms with E-state index in [1.54, 1.807) is 6.07 Å². The summed E-state index contributed by atoms with van der Waals surface area (Å²) in [6.45, 7) is 0. The molecule has 2 aromatic heterocycles. The zero-order valence-electron chi connectivity index (χ0n) is 9.51. The summed E-state index contributed by atoms with van der Waals surface area (Å²) in [6, 6.07) is 11.5. The molecule has 0 amide bonds. The Labute approximate surface area is 113 Å². The molecule has 0 N–H and O–H groups in total. The number of halogens is 1. The average Bonchev–Trinajstić information content (AvgIpc) is 2.94. The molecule has 0 bridgehead atoms. The van der Waals surface area contributed by atoms with Crippen LogP contribution < -0.4 is 0 Å². The molecule has 0 aliphatic carbocycles. The molecule has 0 aliphatic rings. The first-order chi connectivity index (χ1) is 8.69. The SMILES string of the molecule is Cn1c(-c2ccc(Cl)s2)nc2ccc(C#N)cc21. The molecular formula is C13H8ClN3S. The molecule has 0 spiro atoms. The largest absolute Gasteiger partial charge is 0.326 e. The number of hydrogen-bond acceptors (Lipinski definition) is 3. The second kappa shape index (κ2) is 4.13. The van der Waals surface area contributed by atoms with Gasteiger partial charge in [0.15, 0.2) is 5.82 Å². The van der Waals surface area contributed by atoms with Crippen LogP contribution >= 0.6 is 22.9 Å². The highest BCUT2D eigenvalue weighted by molar-refractivity contribution is 7.19. The molecule has 3 rings (SSSR count). The van der Waals surface area contributed by atoms with Crippen molar-refractivity contribution in [2.45, 2.75) is 0 Å². The molecule has 0 aliphatic heterocycles. The summed E-state index contributed by atoms with van der Waals surface area (Å²) >= 11 is 7.44. The summed E-state index contributed by atoms with van der Waals surface area (Å²) in [4.78, 5) is 5.60. The van der Waals surface area contributed by atoms with E-state index in [9.17, 15) is 0 Å². The number of benzene rings is 1. The van der Waals surface area contributed by atoms with E-state index in [4.69, 9.17) is 16.9 Å². The van der Waals surface area contributed by atoms with E-state index in [0.717, 1.165) is 26.1 Å². The molecule has 0 radical (unpaired) electrons. The number of nitriles is 1. The number of fused-ring (bicyclic) bond motifs is 1. The van der Waals surface area contributed by atoms with Gasteiger partial charge in [-0.2, -0.15) is 5.26 Å². The summed E-state index contributed by atoms with van der Waals surface area (Å²) in [5.41, 5.74) is 2.48. The second-order valence-electron chi connectivity index (χ2n) is 3.91. The van der Waals surface area contributed by atoms with Crippen molar-refractivity contribution in [2.24, 2.45) is 7.05 Å². The Hall–Kier alpha value is -1.83. The van der Waals surface area contributed by atoms with E-state index in [0.29, 0.717) is 5.56 Å². The monoisotopic (exact) mass is 273 g/mol. The number of nitrogens with zero attached hydrogens (tertiary/aromatic N) is 3. The first-order valence-corrected chi connectivity index (χ1v) is 6.51. The highest BCUT2D eigenvalue weighted by Gasteiger charge is 2.12. The van der Waals surface area contributed by atoms with Gasteiger partial charge in [-0.1, -0.05) is 11.6 Å². The maximum Gasteiger partial charge on any atom is 0.151 e. The van der Waals surface area contributed by atoms with Gasteiger partial charge in [-0.15, -0.1) is 11.3 Å². The number of hydrogen-bond donors (Lipinski definition) is 0. The predicted molar refractivity (Wildman–Crippen MR) is 73.8 cm³/mol. The van der Waals surface area contributed by atoms with Gasteiger partial charge in [0, 0.05) is 7.05 Å². The molecule has 0 saturated heterocycles. The number of rotatable bonds is 1. The van der Waals surface area contributed by atoms with Crippen molar-refractivity contribution in [1.82, 2.24) is 9.55 Å². The van der Waals surface area contributed by atoms with Crippen LogP contribution in [0.2, 0.25) is 4.34 Å². The summed E-state index contributed by atoms with van der Waals surface area (Å²) < 4.78 is 2.73. The van der Waals surface area contributed by atoms with E-state index < -0.39 is 0 Å². The van der Waals surface area contributed by atoms with Crippen molar-refractivity contribution in [3.63, 3.8) is 0 Å². The minimum Gasteiger partial charge on any atom is -0.326 e. The van der Waals surface area contributed by atoms with Gasteiger partial charge in [0.05, 0.1) is 31.9 Å². The molecule has 1 aromatic carbocycles. The minimum absolute atomic E-state index is 0.640. The zero-order valence-corrected chi connectivity index (χ0v) is 11.1. The maximum atomic E-state index is 8.92. The van der Waals surface area contributed by atoms with E-state index in [1.807, 2.05) is 35.9 Å². The Balaban J connectivity index is 2.26. The topological polar surface area (TPSA) is 41.6 Å². The lowest BCUT2D eigenvalue weighted by molar-refractivity contribution is 0.963. The Kier molecular flexibility index (Phi) is 2.58. The highest BCUT2D eigenvalue weighted by Crippen LogP contribution is 2.32. The van der Waals surface area contributed by atoms with Crippen molar-refractivity contribution in [2.75, 3.05) is 0 Å². The molecule has 0 saturated carbocycles. The number of aromatic nitrogens is 2. The fourth-order valence-corrected chi connectivity index (χ4v) is 2.98. The Morgan fingerprint density at radius 2 is 2.17 bits per heavy atom. The van der Waals surface area contributed by atoms with Gasteiger partial charge >= 0.3 is 0 Å². The van der Waals surface area contributed by atoms with Crippen LogP contribution in [0.15, 0.2) is 30.3 Å². The molecule has 3 nitrogen and oxygen atoms in total. The summed E-state index contributed by atoms with van der Waals surface area (Å²) in [6.07, 6.45) is 0. The third kappa shape index (κ3) is 1.69. The van der Waals surface area contributed by atoms with Gasteiger partial charge in [0.1, 0.15) is 0 Å². The number of imidazole rings is 1. The Morgan fingerprint density at radius 3 is 2.83 bits per heavy atom. The van der Waals surface area contributed by atoms with Crippen LogP contribution in [0.4, 0.5) is 0 Å². The number of thiophene rings is 1. The molecule has 0 unspecified atom stereocenters. The number of aryl methyl sites for hydroxylation is 1. The molecule has 5 heteroatoms. The molecule has 0 atom stereocenters. The lowest BCUT2D eigenvalue weighted by Gasteiger charge is -1.99. The van der Waals surface area contributed by atoms with Crippen molar-refractivity contribution >= 4 is 34.0 Å². The van der Waals surface area contributed by atoms with Crippen molar-refractivity contribution in [1.29, 1.82) is 5.26 Å². The zero-order chi connectivity index (χ0) is 12.7. The predicted octanol–water partition coefficient (Wildman–Crippen LogP) is 3.83. The third-order valence-corrected chi connectivity index (χ3v) is 4.03. The van der Waals surface area contributed by atoms with E-state index in [2.05, 4.69) is 11.1 Å². The summed E-state index contributed by atoms with van der Waals surface area (Å²) in [5, 5.41) is 8.92. The van der Waals surface area contributed by atoms with Crippen LogP contribution in [0.1, 0.15) is 5.56 Å². The molecule has 3 aromatic rings. The van der Waals surface area contributed by atoms with E-state index in [-0.39, 0.29) is 0 Å². The Bertz CT molecular complexity index is 779. The second-order valence-corrected chi connectivity index (χ2v) is 5.63. The standard InChI is InChI=1S/C13H8ClN3S/c1-17-10-6-8(7-15)2-3-9(10)16-13(17)11-4-5-12(14)18-11/h2-6H,1H3. The molecule has 88 valence electrons. The van der Waals surface area contributed by atoms with Gasteiger partial charge in [-0.3, -0.25) is 0 Å². The van der Waals surface area contributed by atoms with Crippen LogP contribution in [0.3, 0.4) is 0 Å². The van der Waals surface area contributed by atoms with Crippen LogP contribution in [0.5, 0.6) is 0 Å². The van der Waals surface area contributed by atoms with Gasteiger partial charge < -0.3 is 4.57 Å². The fraction of sp³-hybridized carbons (Fsp3) is 0.0769. The van der Waals surface area contributed by atoms with E-state index in [1.165, 1.54) is 11.3 Å². The van der Waals surface area contributed by atoms with Crippen LogP contribution in [-0.4, -0.2) is 9.55 Å². The molecular weight excluding hydrogens is 266 g/mol. The molecule has 18 heavy (non-hydrogen) atoms.